The average molecular weight is 542 g/mol. The molecule has 2 aromatic carbocycles. The van der Waals surface area contributed by atoms with E-state index in [4.69, 9.17) is 25.2 Å². The van der Waals surface area contributed by atoms with Gasteiger partial charge in [-0.3, -0.25) is 9.47 Å². The topological polar surface area (TPSA) is 105 Å². The smallest absolute Gasteiger partial charge is 0.167 e. The fourth-order valence-corrected chi connectivity index (χ4v) is 5.46. The van der Waals surface area contributed by atoms with Crippen molar-refractivity contribution in [2.45, 2.75) is 18.9 Å². The van der Waals surface area contributed by atoms with Crippen LogP contribution in [-0.4, -0.2) is 78.0 Å². The second kappa shape index (κ2) is 11.6. The summed E-state index contributed by atoms with van der Waals surface area (Å²) in [6.45, 7) is 6.31. The molecule has 10 heteroatoms. The van der Waals surface area contributed by atoms with Crippen LogP contribution < -0.4 is 15.4 Å². The fraction of sp³-hybridized carbons (Fsp3) is 0.367. The second-order valence-electron chi connectivity index (χ2n) is 10.2. The summed E-state index contributed by atoms with van der Waals surface area (Å²) in [4.78, 5) is 14.3. The number of fused-ring (bicyclic) bond motifs is 1. The summed E-state index contributed by atoms with van der Waals surface area (Å²) in [5, 5.41) is 9.25. The van der Waals surface area contributed by atoms with E-state index in [-0.39, 0.29) is 11.6 Å². The van der Waals surface area contributed by atoms with Crippen molar-refractivity contribution in [1.29, 1.82) is 5.26 Å². The van der Waals surface area contributed by atoms with Gasteiger partial charge in [0, 0.05) is 56.6 Å². The van der Waals surface area contributed by atoms with Crippen molar-refractivity contribution in [3.63, 3.8) is 0 Å². The van der Waals surface area contributed by atoms with Crippen LogP contribution in [0, 0.1) is 17.1 Å². The molecule has 4 aromatic rings. The zero-order valence-electron chi connectivity index (χ0n) is 22.3. The summed E-state index contributed by atoms with van der Waals surface area (Å²) in [6.07, 6.45) is 3.78. The summed E-state index contributed by atoms with van der Waals surface area (Å²) >= 11 is 0. The minimum Gasteiger partial charge on any atom is -0.492 e. The van der Waals surface area contributed by atoms with Crippen LogP contribution in [-0.2, 0) is 4.74 Å². The molecule has 2 aliphatic rings. The first kappa shape index (κ1) is 26.2. The minimum absolute atomic E-state index is 0.0109. The molecule has 206 valence electrons. The molecule has 9 nitrogen and oxygen atoms in total. The van der Waals surface area contributed by atoms with Gasteiger partial charge < -0.3 is 20.1 Å². The van der Waals surface area contributed by atoms with Gasteiger partial charge >= 0.3 is 0 Å². The molecule has 6 rings (SSSR count). The molecule has 0 unspecified atom stereocenters. The number of nitriles is 1. The number of halogens is 1. The molecule has 0 aliphatic carbocycles. The SMILES string of the molecule is N#Cc1ccc(-c2nc3c(N4CCC[C@@H](N)C4)ccnc3n2-c2cccc(OCCN3CCOCC3)c2)cc1F. The Kier molecular flexibility index (Phi) is 7.60. The number of morpholine rings is 1. The molecule has 2 N–H and O–H groups in total. The van der Waals surface area contributed by atoms with E-state index < -0.39 is 5.82 Å². The Bertz CT molecular complexity index is 1540. The lowest BCUT2D eigenvalue weighted by atomic mass is 10.1. The van der Waals surface area contributed by atoms with E-state index in [1.165, 1.54) is 12.1 Å². The Morgan fingerprint density at radius 2 is 2.00 bits per heavy atom. The summed E-state index contributed by atoms with van der Waals surface area (Å²) in [5.74, 6) is 0.668. The summed E-state index contributed by atoms with van der Waals surface area (Å²) in [5.41, 5.74) is 9.96. The van der Waals surface area contributed by atoms with Gasteiger partial charge in [-0.2, -0.15) is 5.26 Å². The normalized spacial score (nSPS) is 18.1. The van der Waals surface area contributed by atoms with Crippen LogP contribution >= 0.6 is 0 Å². The lowest BCUT2D eigenvalue weighted by Crippen LogP contribution is -2.42. The van der Waals surface area contributed by atoms with E-state index in [2.05, 4.69) is 9.80 Å². The van der Waals surface area contributed by atoms with Crippen LogP contribution in [0.15, 0.2) is 54.7 Å². The lowest BCUT2D eigenvalue weighted by molar-refractivity contribution is 0.0322. The van der Waals surface area contributed by atoms with E-state index in [0.29, 0.717) is 23.6 Å². The van der Waals surface area contributed by atoms with Crippen LogP contribution in [0.25, 0.3) is 28.2 Å². The summed E-state index contributed by atoms with van der Waals surface area (Å²) in [6, 6.07) is 16.3. The molecular weight excluding hydrogens is 509 g/mol. The van der Waals surface area contributed by atoms with Gasteiger partial charge in [-0.05, 0) is 49.2 Å². The standard InChI is InChI=1S/C30H32FN7O2/c31-26-17-21(6-7-22(26)19-32)29-35-28-27(37-10-2-3-23(33)20-37)8-9-34-30(28)38(29)24-4-1-5-25(18-24)40-16-13-36-11-14-39-15-12-36/h1,4-9,17-18,23H,2-3,10-16,20,33H2/t23-/m1/s1. The van der Waals surface area contributed by atoms with Gasteiger partial charge in [0.2, 0.25) is 0 Å². The highest BCUT2D eigenvalue weighted by Gasteiger charge is 2.24. The maximum atomic E-state index is 14.8. The van der Waals surface area contributed by atoms with Crippen LogP contribution in [0.2, 0.25) is 0 Å². The third-order valence-corrected chi connectivity index (χ3v) is 7.53. The monoisotopic (exact) mass is 541 g/mol. The van der Waals surface area contributed by atoms with E-state index >= 15 is 0 Å². The van der Waals surface area contributed by atoms with Crippen molar-refractivity contribution in [3.05, 3.63) is 66.1 Å². The second-order valence-corrected chi connectivity index (χ2v) is 10.2. The Morgan fingerprint density at radius 3 is 2.80 bits per heavy atom. The highest BCUT2D eigenvalue weighted by molar-refractivity contribution is 5.90. The first-order valence-corrected chi connectivity index (χ1v) is 13.7. The van der Waals surface area contributed by atoms with Gasteiger partial charge in [-0.15, -0.1) is 0 Å². The number of piperidine rings is 1. The van der Waals surface area contributed by atoms with Crippen LogP contribution in [0.1, 0.15) is 18.4 Å². The largest absolute Gasteiger partial charge is 0.492 e. The predicted molar refractivity (Wildman–Crippen MR) is 151 cm³/mol. The Balaban J connectivity index is 1.40. The molecule has 0 spiro atoms. The number of nitrogens with two attached hydrogens (primary N) is 1. The van der Waals surface area contributed by atoms with E-state index in [1.807, 2.05) is 41.0 Å². The minimum atomic E-state index is -0.589. The highest BCUT2D eigenvalue weighted by Crippen LogP contribution is 2.34. The molecule has 2 aliphatic heterocycles. The predicted octanol–water partition coefficient (Wildman–Crippen LogP) is 3.74. The number of hydrogen-bond acceptors (Lipinski definition) is 8. The maximum Gasteiger partial charge on any atom is 0.167 e. The zero-order chi connectivity index (χ0) is 27.5. The quantitative estimate of drug-likeness (QED) is 0.377. The van der Waals surface area contributed by atoms with Crippen molar-refractivity contribution in [2.24, 2.45) is 5.73 Å². The van der Waals surface area contributed by atoms with Crippen LogP contribution in [0.4, 0.5) is 10.1 Å². The molecule has 4 heterocycles. The van der Waals surface area contributed by atoms with Crippen molar-refractivity contribution in [3.8, 4) is 28.9 Å². The van der Waals surface area contributed by atoms with Crippen molar-refractivity contribution >= 4 is 16.9 Å². The van der Waals surface area contributed by atoms with Crippen LogP contribution in [0.5, 0.6) is 5.75 Å². The number of aromatic nitrogens is 3. The summed E-state index contributed by atoms with van der Waals surface area (Å²) in [7, 11) is 0. The third kappa shape index (κ3) is 5.36. The van der Waals surface area contributed by atoms with Crippen molar-refractivity contribution < 1.29 is 13.9 Å². The maximum absolute atomic E-state index is 14.8. The van der Waals surface area contributed by atoms with Gasteiger partial charge in [0.25, 0.3) is 0 Å². The van der Waals surface area contributed by atoms with Crippen molar-refractivity contribution in [2.75, 3.05) is 57.4 Å². The first-order valence-electron chi connectivity index (χ1n) is 13.7. The molecule has 2 fully saturated rings. The van der Waals surface area contributed by atoms with Crippen LogP contribution in [0.3, 0.4) is 0 Å². The fourth-order valence-electron chi connectivity index (χ4n) is 5.46. The Morgan fingerprint density at radius 1 is 1.12 bits per heavy atom. The number of benzene rings is 2. The number of anilines is 1. The van der Waals surface area contributed by atoms with Gasteiger partial charge in [0.15, 0.2) is 5.65 Å². The molecule has 0 saturated carbocycles. The molecule has 1 atom stereocenters. The third-order valence-electron chi connectivity index (χ3n) is 7.53. The zero-order valence-corrected chi connectivity index (χ0v) is 22.3. The van der Waals surface area contributed by atoms with Gasteiger partial charge in [-0.25, -0.2) is 14.4 Å². The van der Waals surface area contributed by atoms with E-state index in [9.17, 15) is 9.65 Å². The number of pyridine rings is 1. The number of imidazole rings is 1. The molecule has 0 radical (unpaired) electrons. The lowest BCUT2D eigenvalue weighted by Gasteiger charge is -2.32. The van der Waals surface area contributed by atoms with Gasteiger partial charge in [-0.1, -0.05) is 6.07 Å². The van der Waals surface area contributed by atoms with E-state index in [1.54, 1.807) is 12.3 Å². The average Bonchev–Trinajstić information content (AvgIpc) is 3.38. The molecule has 0 amide bonds. The van der Waals surface area contributed by atoms with Gasteiger partial charge in [0.1, 0.15) is 35.6 Å². The van der Waals surface area contributed by atoms with Crippen molar-refractivity contribution in [1.82, 2.24) is 19.4 Å². The number of ether oxygens (including phenoxy) is 2. The first-order chi connectivity index (χ1) is 19.6. The Labute approximate surface area is 232 Å². The number of rotatable bonds is 7. The summed E-state index contributed by atoms with van der Waals surface area (Å²) < 4.78 is 28.3. The highest BCUT2D eigenvalue weighted by atomic mass is 19.1. The van der Waals surface area contributed by atoms with Gasteiger partial charge in [0.05, 0.1) is 30.2 Å². The number of nitrogens with zero attached hydrogens (tertiary/aromatic N) is 6. The molecule has 2 saturated heterocycles. The molecule has 2 aromatic heterocycles. The Hall–Kier alpha value is -4.04. The molecule has 40 heavy (non-hydrogen) atoms. The number of hydrogen-bond donors (Lipinski definition) is 1. The molecule has 0 bridgehead atoms. The molecular formula is C30H32FN7O2. The van der Waals surface area contributed by atoms with E-state index in [0.717, 1.165) is 81.4 Å².